The van der Waals surface area contributed by atoms with Crippen LogP contribution in [0.4, 0.5) is 16.2 Å². The van der Waals surface area contributed by atoms with Gasteiger partial charge in [0, 0.05) is 24.5 Å². The lowest BCUT2D eigenvalue weighted by Gasteiger charge is -2.33. The van der Waals surface area contributed by atoms with Crippen LogP contribution >= 0.6 is 0 Å². The first kappa shape index (κ1) is 16.3. The maximum absolute atomic E-state index is 11.9. The monoisotopic (exact) mass is 330 g/mol. The van der Waals surface area contributed by atoms with Crippen LogP contribution in [-0.4, -0.2) is 36.8 Å². The lowest BCUT2D eigenvalue weighted by molar-refractivity contribution is 0.0532. The molecule has 1 atom stereocenters. The van der Waals surface area contributed by atoms with Gasteiger partial charge >= 0.3 is 6.03 Å². The predicted octanol–water partition coefficient (Wildman–Crippen LogP) is 2.53. The Bertz CT molecular complexity index is 683. The van der Waals surface area contributed by atoms with Crippen LogP contribution in [-0.2, 0) is 11.3 Å². The lowest BCUT2D eigenvalue weighted by Crippen LogP contribution is -2.41. The molecule has 0 spiro atoms. The third-order valence-electron chi connectivity index (χ3n) is 3.99. The molecule has 0 bridgehead atoms. The molecular weight excluding hydrogens is 308 g/mol. The highest BCUT2D eigenvalue weighted by Crippen LogP contribution is 2.20. The smallest absolute Gasteiger partial charge is 0.319 e. The van der Waals surface area contributed by atoms with Crippen molar-refractivity contribution in [2.24, 2.45) is 0 Å². The molecule has 0 aliphatic carbocycles. The van der Waals surface area contributed by atoms with E-state index in [9.17, 15) is 4.79 Å². The summed E-state index contributed by atoms with van der Waals surface area (Å²) in [5, 5.41) is 5.57. The minimum Gasteiger partial charge on any atom is -0.448 e. The number of rotatable bonds is 4. The summed E-state index contributed by atoms with van der Waals surface area (Å²) in [6.07, 6.45) is 1.61. The fraction of sp³-hybridized carbons (Fsp3) is 0.412. The molecular formula is C17H22N4O3. The Morgan fingerprint density at radius 1 is 1.38 bits per heavy atom. The molecule has 1 aromatic heterocycles. The van der Waals surface area contributed by atoms with Crippen LogP contribution < -0.4 is 15.5 Å². The van der Waals surface area contributed by atoms with Crippen LogP contribution in [0.1, 0.15) is 18.4 Å². The Hall–Kier alpha value is -2.54. The summed E-state index contributed by atoms with van der Waals surface area (Å²) in [5.74, 6) is 0.708. The van der Waals surface area contributed by atoms with Crippen molar-refractivity contribution in [3.8, 4) is 0 Å². The first-order valence-electron chi connectivity index (χ1n) is 8.02. The zero-order chi connectivity index (χ0) is 16.9. The highest BCUT2D eigenvalue weighted by Gasteiger charge is 2.16. The van der Waals surface area contributed by atoms with Gasteiger partial charge in [-0.15, -0.1) is 0 Å². The van der Waals surface area contributed by atoms with E-state index in [1.54, 1.807) is 0 Å². The summed E-state index contributed by atoms with van der Waals surface area (Å²) in [6, 6.07) is 7.54. The molecule has 1 aromatic carbocycles. The number of hydrogen-bond donors (Lipinski definition) is 2. The summed E-state index contributed by atoms with van der Waals surface area (Å²) in [4.78, 5) is 18.3. The van der Waals surface area contributed by atoms with Crippen molar-refractivity contribution in [3.05, 3.63) is 42.1 Å². The van der Waals surface area contributed by atoms with Gasteiger partial charge in [-0.25, -0.2) is 9.78 Å². The molecule has 2 N–H and O–H groups in total. The predicted molar refractivity (Wildman–Crippen MR) is 91.2 cm³/mol. The highest BCUT2D eigenvalue weighted by molar-refractivity contribution is 5.89. The molecule has 0 unspecified atom stereocenters. The zero-order valence-corrected chi connectivity index (χ0v) is 13.9. The van der Waals surface area contributed by atoms with E-state index >= 15 is 0 Å². The van der Waals surface area contributed by atoms with Gasteiger partial charge in [0.05, 0.1) is 19.3 Å². The van der Waals surface area contributed by atoms with Gasteiger partial charge < -0.3 is 24.7 Å². The molecule has 2 amide bonds. The maximum Gasteiger partial charge on any atom is 0.319 e. The lowest BCUT2D eigenvalue weighted by atomic mass is 10.2. The molecule has 7 nitrogen and oxygen atoms in total. The van der Waals surface area contributed by atoms with Crippen LogP contribution in [0.2, 0.25) is 0 Å². The largest absolute Gasteiger partial charge is 0.448 e. The van der Waals surface area contributed by atoms with Gasteiger partial charge in [0.15, 0.2) is 6.39 Å². The van der Waals surface area contributed by atoms with Crippen molar-refractivity contribution in [2.75, 3.05) is 29.9 Å². The van der Waals surface area contributed by atoms with Crippen molar-refractivity contribution >= 4 is 17.4 Å². The number of urea groups is 1. The molecule has 7 heteroatoms. The van der Waals surface area contributed by atoms with Crippen molar-refractivity contribution in [1.29, 1.82) is 0 Å². The number of morpholine rings is 1. The first-order chi connectivity index (χ1) is 11.6. The normalized spacial score (nSPS) is 17.6. The average Bonchev–Trinajstić information content (AvgIpc) is 2.99. The van der Waals surface area contributed by atoms with E-state index in [1.807, 2.05) is 31.2 Å². The van der Waals surface area contributed by atoms with Crippen molar-refractivity contribution < 1.29 is 13.9 Å². The third-order valence-corrected chi connectivity index (χ3v) is 3.99. The molecule has 0 saturated carbocycles. The van der Waals surface area contributed by atoms with Crippen LogP contribution in [0.15, 0.2) is 35.1 Å². The van der Waals surface area contributed by atoms with E-state index in [4.69, 9.17) is 9.15 Å². The number of amides is 2. The Morgan fingerprint density at radius 3 is 2.83 bits per heavy atom. The number of carbonyl (C=O) groups excluding carboxylic acids is 1. The van der Waals surface area contributed by atoms with Gasteiger partial charge in [0.25, 0.3) is 0 Å². The Balaban J connectivity index is 1.52. The minimum atomic E-state index is -0.273. The zero-order valence-electron chi connectivity index (χ0n) is 13.9. The number of anilines is 2. The second kappa shape index (κ2) is 7.35. The van der Waals surface area contributed by atoms with E-state index in [2.05, 4.69) is 27.4 Å². The fourth-order valence-corrected chi connectivity index (χ4v) is 2.65. The second-order valence-corrected chi connectivity index (χ2v) is 5.84. The van der Waals surface area contributed by atoms with Crippen LogP contribution in [0.3, 0.4) is 0 Å². The molecule has 1 saturated heterocycles. The summed E-state index contributed by atoms with van der Waals surface area (Å²) >= 11 is 0. The molecule has 0 radical (unpaired) electrons. The van der Waals surface area contributed by atoms with Crippen LogP contribution in [0, 0.1) is 6.92 Å². The fourth-order valence-electron chi connectivity index (χ4n) is 2.65. The van der Waals surface area contributed by atoms with E-state index < -0.39 is 0 Å². The number of aryl methyl sites for hydroxylation is 1. The van der Waals surface area contributed by atoms with Crippen molar-refractivity contribution in [2.45, 2.75) is 26.5 Å². The number of hydrogen-bond acceptors (Lipinski definition) is 5. The Kier molecular flexibility index (Phi) is 5.00. The van der Waals surface area contributed by atoms with Gasteiger partial charge in [-0.3, -0.25) is 0 Å². The number of aromatic nitrogens is 1. The molecule has 3 rings (SSSR count). The molecule has 2 aromatic rings. The van der Waals surface area contributed by atoms with Crippen LogP contribution in [0.5, 0.6) is 0 Å². The maximum atomic E-state index is 11.9. The number of nitrogens with zero attached hydrogens (tertiary/aromatic N) is 2. The highest BCUT2D eigenvalue weighted by atomic mass is 16.5. The summed E-state index contributed by atoms with van der Waals surface area (Å²) < 4.78 is 10.7. The first-order valence-corrected chi connectivity index (χ1v) is 8.02. The average molecular weight is 330 g/mol. The second-order valence-electron chi connectivity index (χ2n) is 5.84. The molecule has 1 fully saturated rings. The van der Waals surface area contributed by atoms with Gasteiger partial charge in [-0.2, -0.15) is 0 Å². The summed E-state index contributed by atoms with van der Waals surface area (Å²) in [5.41, 5.74) is 2.60. The molecule has 1 aliphatic heterocycles. The Morgan fingerprint density at radius 2 is 2.17 bits per heavy atom. The van der Waals surface area contributed by atoms with E-state index in [1.165, 1.54) is 6.39 Å². The van der Waals surface area contributed by atoms with Gasteiger partial charge in [-0.05, 0) is 38.1 Å². The number of nitrogens with one attached hydrogen (secondary N) is 2. The van der Waals surface area contributed by atoms with E-state index in [0.717, 1.165) is 36.8 Å². The number of benzene rings is 1. The van der Waals surface area contributed by atoms with E-state index in [0.29, 0.717) is 12.3 Å². The van der Waals surface area contributed by atoms with E-state index in [-0.39, 0.29) is 12.1 Å². The third kappa shape index (κ3) is 4.05. The Labute approximate surface area is 141 Å². The van der Waals surface area contributed by atoms with Crippen LogP contribution in [0.25, 0.3) is 0 Å². The summed E-state index contributed by atoms with van der Waals surface area (Å²) in [6.45, 7) is 6.72. The number of ether oxygens (including phenoxy) is 1. The molecule has 24 heavy (non-hydrogen) atoms. The van der Waals surface area contributed by atoms with Gasteiger partial charge in [0.1, 0.15) is 11.5 Å². The topological polar surface area (TPSA) is 79.6 Å². The standard InChI is InChI=1S/C17H22N4O3/c1-12-10-21(7-8-23-12)15-5-3-14(4-6-15)20-17(22)18-9-16-13(2)24-11-19-16/h3-6,11-12H,7-10H2,1-2H3,(H2,18,20,22)/t12-/m1/s1. The number of oxazole rings is 1. The van der Waals surface area contributed by atoms with Gasteiger partial charge in [-0.1, -0.05) is 0 Å². The molecule has 1 aliphatic rings. The molecule has 2 heterocycles. The quantitative estimate of drug-likeness (QED) is 0.900. The summed E-state index contributed by atoms with van der Waals surface area (Å²) in [7, 11) is 0. The minimum absolute atomic E-state index is 0.238. The molecule has 128 valence electrons. The number of carbonyl (C=O) groups is 1. The van der Waals surface area contributed by atoms with Gasteiger partial charge in [0.2, 0.25) is 0 Å². The van der Waals surface area contributed by atoms with Crippen molar-refractivity contribution in [3.63, 3.8) is 0 Å². The SMILES string of the molecule is Cc1ocnc1CNC(=O)Nc1ccc(N2CCO[C@H](C)C2)cc1. The van der Waals surface area contributed by atoms with Crippen molar-refractivity contribution in [1.82, 2.24) is 10.3 Å².